The zero-order valence-electron chi connectivity index (χ0n) is 11.5. The Balaban J connectivity index is 2.44. The lowest BCUT2D eigenvalue weighted by Gasteiger charge is -2.18. The Morgan fingerprint density at radius 3 is 2.89 bits per heavy atom. The van der Waals surface area contributed by atoms with Crippen LogP contribution >= 0.6 is 0 Å². The highest BCUT2D eigenvalue weighted by Gasteiger charge is 2.21. The van der Waals surface area contributed by atoms with Crippen molar-refractivity contribution in [1.82, 2.24) is 20.3 Å². The number of rotatable bonds is 5. The lowest BCUT2D eigenvalue weighted by atomic mass is 10.0. The van der Waals surface area contributed by atoms with Crippen LogP contribution in [0.25, 0.3) is 0 Å². The van der Waals surface area contributed by atoms with E-state index >= 15 is 0 Å². The van der Waals surface area contributed by atoms with E-state index in [4.69, 9.17) is 0 Å². The number of hydrogen-bond acceptors (Lipinski definition) is 3. The molecule has 0 saturated carbocycles. The third kappa shape index (κ3) is 2.66. The predicted molar refractivity (Wildman–Crippen MR) is 72.4 cm³/mol. The van der Waals surface area contributed by atoms with Gasteiger partial charge in [-0.2, -0.15) is 0 Å². The van der Waals surface area contributed by atoms with Crippen molar-refractivity contribution in [3.63, 3.8) is 0 Å². The van der Waals surface area contributed by atoms with Gasteiger partial charge in [0, 0.05) is 12.1 Å². The van der Waals surface area contributed by atoms with Gasteiger partial charge in [-0.25, -0.2) is 9.07 Å². The second kappa shape index (κ2) is 5.93. The maximum atomic E-state index is 14.3. The number of benzene rings is 1. The van der Waals surface area contributed by atoms with Gasteiger partial charge in [0.25, 0.3) is 0 Å². The van der Waals surface area contributed by atoms with E-state index in [9.17, 15) is 4.39 Å². The Morgan fingerprint density at radius 2 is 2.21 bits per heavy atom. The minimum Gasteiger partial charge on any atom is -0.308 e. The molecule has 4 nitrogen and oxygen atoms in total. The Hall–Kier alpha value is -1.75. The van der Waals surface area contributed by atoms with Crippen LogP contribution in [0.2, 0.25) is 0 Å². The van der Waals surface area contributed by atoms with Crippen molar-refractivity contribution in [2.75, 3.05) is 7.05 Å². The molecule has 0 spiro atoms. The first-order valence-corrected chi connectivity index (χ1v) is 6.49. The van der Waals surface area contributed by atoms with E-state index in [1.165, 1.54) is 0 Å². The van der Waals surface area contributed by atoms with E-state index in [1.807, 2.05) is 17.8 Å². The summed E-state index contributed by atoms with van der Waals surface area (Å²) in [4.78, 5) is 0. The first-order valence-electron chi connectivity index (χ1n) is 6.49. The summed E-state index contributed by atoms with van der Waals surface area (Å²) >= 11 is 0. The standard InChI is InChI=1S/C14H19FN4/c1-4-8-19-12(9-17-18-19)14(16-3)11-7-5-6-10(2)13(11)15/h5-7,9,14,16H,4,8H2,1-3H3. The highest BCUT2D eigenvalue weighted by molar-refractivity contribution is 5.32. The van der Waals surface area contributed by atoms with Crippen molar-refractivity contribution >= 4 is 0 Å². The van der Waals surface area contributed by atoms with Gasteiger partial charge in [0.05, 0.1) is 17.9 Å². The number of halogens is 1. The normalized spacial score (nSPS) is 12.6. The van der Waals surface area contributed by atoms with E-state index < -0.39 is 0 Å². The van der Waals surface area contributed by atoms with Crippen molar-refractivity contribution in [3.8, 4) is 0 Å². The van der Waals surface area contributed by atoms with Gasteiger partial charge in [-0.1, -0.05) is 30.3 Å². The van der Waals surface area contributed by atoms with Gasteiger partial charge < -0.3 is 5.32 Å². The van der Waals surface area contributed by atoms with Crippen molar-refractivity contribution in [2.45, 2.75) is 32.9 Å². The minimum atomic E-state index is -0.235. The zero-order chi connectivity index (χ0) is 13.8. The van der Waals surface area contributed by atoms with Gasteiger partial charge in [0.1, 0.15) is 5.82 Å². The summed E-state index contributed by atoms with van der Waals surface area (Å²) < 4.78 is 16.1. The van der Waals surface area contributed by atoms with E-state index in [0.717, 1.165) is 18.7 Å². The third-order valence-electron chi connectivity index (χ3n) is 3.20. The molecular formula is C14H19FN4. The summed E-state index contributed by atoms with van der Waals surface area (Å²) in [5.41, 5.74) is 2.16. The molecule has 0 amide bonds. The molecule has 19 heavy (non-hydrogen) atoms. The Bertz CT molecular complexity index is 550. The monoisotopic (exact) mass is 262 g/mol. The van der Waals surface area contributed by atoms with Gasteiger partial charge in [0.2, 0.25) is 0 Å². The third-order valence-corrected chi connectivity index (χ3v) is 3.20. The van der Waals surface area contributed by atoms with Crippen LogP contribution in [0.1, 0.15) is 36.2 Å². The minimum absolute atomic E-state index is 0.175. The molecule has 1 heterocycles. The van der Waals surface area contributed by atoms with Crippen LogP contribution in [-0.4, -0.2) is 22.0 Å². The Labute approximate surface area is 112 Å². The molecule has 0 saturated heterocycles. The molecule has 1 N–H and O–H groups in total. The largest absolute Gasteiger partial charge is 0.308 e. The molecule has 1 atom stereocenters. The van der Waals surface area contributed by atoms with Gasteiger partial charge >= 0.3 is 0 Å². The predicted octanol–water partition coefficient (Wildman–Crippen LogP) is 2.44. The van der Waals surface area contributed by atoms with Crippen LogP contribution in [0.4, 0.5) is 4.39 Å². The number of nitrogens with one attached hydrogen (secondary N) is 1. The number of nitrogens with zero attached hydrogens (tertiary/aromatic N) is 3. The Kier molecular flexibility index (Phi) is 4.27. The maximum Gasteiger partial charge on any atom is 0.131 e. The number of aromatic nitrogens is 3. The van der Waals surface area contributed by atoms with Crippen LogP contribution in [0.5, 0.6) is 0 Å². The lowest BCUT2D eigenvalue weighted by Crippen LogP contribution is -2.23. The number of aryl methyl sites for hydroxylation is 2. The fraction of sp³-hybridized carbons (Fsp3) is 0.429. The molecule has 102 valence electrons. The summed E-state index contributed by atoms with van der Waals surface area (Å²) in [6.45, 7) is 4.63. The molecule has 1 unspecified atom stereocenters. The van der Waals surface area contributed by atoms with Crippen molar-refractivity contribution in [2.24, 2.45) is 0 Å². The smallest absolute Gasteiger partial charge is 0.131 e. The van der Waals surface area contributed by atoms with Gasteiger partial charge in [-0.3, -0.25) is 0 Å². The van der Waals surface area contributed by atoms with E-state index in [2.05, 4.69) is 22.6 Å². The zero-order valence-corrected chi connectivity index (χ0v) is 11.5. The first-order chi connectivity index (χ1) is 9.19. The van der Waals surface area contributed by atoms with E-state index in [0.29, 0.717) is 11.1 Å². The molecule has 0 radical (unpaired) electrons. The molecule has 0 bridgehead atoms. The van der Waals surface area contributed by atoms with E-state index in [-0.39, 0.29) is 11.9 Å². The molecule has 0 aliphatic carbocycles. The van der Waals surface area contributed by atoms with Crippen molar-refractivity contribution in [1.29, 1.82) is 0 Å². The molecular weight excluding hydrogens is 243 g/mol. The quantitative estimate of drug-likeness (QED) is 0.900. The summed E-state index contributed by atoms with van der Waals surface area (Å²) in [6.07, 6.45) is 2.65. The van der Waals surface area contributed by atoms with Crippen molar-refractivity contribution in [3.05, 3.63) is 47.0 Å². The molecule has 0 fully saturated rings. The van der Waals surface area contributed by atoms with Gasteiger partial charge in [0.15, 0.2) is 0 Å². The molecule has 2 aromatic rings. The highest BCUT2D eigenvalue weighted by Crippen LogP contribution is 2.25. The van der Waals surface area contributed by atoms with Gasteiger partial charge in [-0.15, -0.1) is 5.10 Å². The molecule has 5 heteroatoms. The summed E-state index contributed by atoms with van der Waals surface area (Å²) in [6, 6.07) is 5.20. The van der Waals surface area contributed by atoms with Crippen molar-refractivity contribution < 1.29 is 4.39 Å². The van der Waals surface area contributed by atoms with Crippen LogP contribution in [0, 0.1) is 12.7 Å². The Morgan fingerprint density at radius 1 is 1.42 bits per heavy atom. The second-order valence-electron chi connectivity index (χ2n) is 4.58. The average Bonchev–Trinajstić information content (AvgIpc) is 2.84. The molecule has 1 aromatic heterocycles. The molecule has 1 aromatic carbocycles. The maximum absolute atomic E-state index is 14.3. The topological polar surface area (TPSA) is 42.7 Å². The first kappa shape index (κ1) is 13.7. The number of hydrogen-bond donors (Lipinski definition) is 1. The summed E-state index contributed by atoms with van der Waals surface area (Å²) in [7, 11) is 1.82. The van der Waals surface area contributed by atoms with Crippen LogP contribution in [0.3, 0.4) is 0 Å². The lowest BCUT2D eigenvalue weighted by molar-refractivity contribution is 0.507. The van der Waals surface area contributed by atoms with Gasteiger partial charge in [-0.05, 0) is 26.0 Å². The average molecular weight is 262 g/mol. The van der Waals surface area contributed by atoms with E-state index in [1.54, 1.807) is 25.3 Å². The SMILES string of the molecule is CCCn1nncc1C(NC)c1cccc(C)c1F. The summed E-state index contributed by atoms with van der Waals surface area (Å²) in [5.74, 6) is -0.175. The fourth-order valence-electron chi connectivity index (χ4n) is 2.23. The van der Waals surface area contributed by atoms with Crippen LogP contribution in [0.15, 0.2) is 24.4 Å². The second-order valence-corrected chi connectivity index (χ2v) is 4.58. The summed E-state index contributed by atoms with van der Waals surface area (Å²) in [5, 5.41) is 11.1. The van der Waals surface area contributed by atoms with Crippen LogP contribution < -0.4 is 5.32 Å². The highest BCUT2D eigenvalue weighted by atomic mass is 19.1. The molecule has 2 rings (SSSR count). The molecule has 0 aliphatic heterocycles. The molecule has 0 aliphatic rings. The fourth-order valence-corrected chi connectivity index (χ4v) is 2.23. The van der Waals surface area contributed by atoms with Crippen LogP contribution in [-0.2, 0) is 6.54 Å².